The second-order valence-corrected chi connectivity index (χ2v) is 3.92. The smallest absolute Gasteiger partial charge is 0.131 e. The van der Waals surface area contributed by atoms with Crippen molar-refractivity contribution in [2.75, 3.05) is 14.2 Å². The molecule has 0 radical (unpaired) electrons. The summed E-state index contributed by atoms with van der Waals surface area (Å²) in [7, 11) is 3.04. The fourth-order valence-corrected chi connectivity index (χ4v) is 1.88. The van der Waals surface area contributed by atoms with Crippen molar-refractivity contribution < 1.29 is 14.6 Å². The molecule has 4 heteroatoms. The molecule has 16 heavy (non-hydrogen) atoms. The van der Waals surface area contributed by atoms with Crippen LogP contribution in [0.1, 0.15) is 18.4 Å². The lowest BCUT2D eigenvalue weighted by molar-refractivity contribution is 0.377. The monoisotopic (exact) mass is 219 g/mol. The third-order valence-corrected chi connectivity index (χ3v) is 2.95. The minimum absolute atomic E-state index is 0.0650. The molecule has 1 aliphatic rings. The van der Waals surface area contributed by atoms with Gasteiger partial charge in [-0.25, -0.2) is 0 Å². The average molecular weight is 219 g/mol. The molecule has 1 fully saturated rings. The number of benzene rings is 1. The molecule has 1 aromatic carbocycles. The highest BCUT2D eigenvalue weighted by atomic mass is 16.5. The number of methoxy groups -OCH3 is 2. The zero-order valence-corrected chi connectivity index (χ0v) is 9.28. The van der Waals surface area contributed by atoms with Gasteiger partial charge in [-0.05, 0) is 12.8 Å². The van der Waals surface area contributed by atoms with Crippen LogP contribution in [0.25, 0.3) is 0 Å². The highest BCUT2D eigenvalue weighted by Crippen LogP contribution is 2.54. The molecule has 2 rings (SSSR count). The van der Waals surface area contributed by atoms with Gasteiger partial charge in [-0.1, -0.05) is 0 Å². The lowest BCUT2D eigenvalue weighted by Gasteiger charge is -2.15. The van der Waals surface area contributed by atoms with Crippen molar-refractivity contribution in [2.24, 2.45) is 0 Å². The van der Waals surface area contributed by atoms with Crippen LogP contribution in [0.15, 0.2) is 12.1 Å². The van der Waals surface area contributed by atoms with Crippen molar-refractivity contribution in [1.82, 2.24) is 0 Å². The molecule has 1 aromatic rings. The van der Waals surface area contributed by atoms with E-state index in [0.717, 1.165) is 12.8 Å². The maximum atomic E-state index is 9.93. The number of hydrogen-bond donors (Lipinski definition) is 1. The Kier molecular flexibility index (Phi) is 2.39. The first-order valence-electron chi connectivity index (χ1n) is 5.03. The van der Waals surface area contributed by atoms with E-state index in [1.54, 1.807) is 6.07 Å². The van der Waals surface area contributed by atoms with Crippen LogP contribution in [0, 0.1) is 11.3 Å². The zero-order valence-electron chi connectivity index (χ0n) is 9.28. The highest BCUT2D eigenvalue weighted by Gasteiger charge is 2.49. The van der Waals surface area contributed by atoms with Crippen LogP contribution in [0.3, 0.4) is 0 Å². The van der Waals surface area contributed by atoms with Crippen LogP contribution in [0.2, 0.25) is 0 Å². The first-order chi connectivity index (χ1) is 7.66. The molecule has 1 saturated carbocycles. The summed E-state index contributed by atoms with van der Waals surface area (Å²) >= 11 is 0. The Morgan fingerprint density at radius 2 is 2.00 bits per heavy atom. The Balaban J connectivity index is 2.57. The molecule has 84 valence electrons. The summed E-state index contributed by atoms with van der Waals surface area (Å²) in [5, 5.41) is 19.1. The number of hydrogen-bond acceptors (Lipinski definition) is 4. The minimum Gasteiger partial charge on any atom is -0.507 e. The largest absolute Gasteiger partial charge is 0.507 e. The lowest BCUT2D eigenvalue weighted by Crippen LogP contribution is -2.06. The van der Waals surface area contributed by atoms with Crippen molar-refractivity contribution in [3.05, 3.63) is 17.7 Å². The Hall–Kier alpha value is -1.89. The third-order valence-electron chi connectivity index (χ3n) is 2.95. The second kappa shape index (κ2) is 3.60. The zero-order chi connectivity index (χ0) is 11.8. The van der Waals surface area contributed by atoms with E-state index in [1.807, 2.05) is 0 Å². The molecule has 1 aliphatic carbocycles. The van der Waals surface area contributed by atoms with E-state index in [2.05, 4.69) is 6.07 Å². The predicted octanol–water partition coefficient (Wildman–Crippen LogP) is 1.96. The normalized spacial score (nSPS) is 16.3. The Morgan fingerprint density at radius 3 is 2.44 bits per heavy atom. The van der Waals surface area contributed by atoms with Gasteiger partial charge in [0.15, 0.2) is 0 Å². The second-order valence-electron chi connectivity index (χ2n) is 3.92. The average Bonchev–Trinajstić information content (AvgIpc) is 3.08. The topological polar surface area (TPSA) is 62.5 Å². The van der Waals surface area contributed by atoms with Crippen LogP contribution in [0.5, 0.6) is 17.2 Å². The number of rotatable bonds is 3. The van der Waals surface area contributed by atoms with E-state index >= 15 is 0 Å². The molecular weight excluding hydrogens is 206 g/mol. The number of phenols is 1. The molecule has 0 bridgehead atoms. The minimum atomic E-state index is -0.568. The number of ether oxygens (including phenoxy) is 2. The fraction of sp³-hybridized carbons (Fsp3) is 0.417. The van der Waals surface area contributed by atoms with Gasteiger partial charge in [0.2, 0.25) is 0 Å². The summed E-state index contributed by atoms with van der Waals surface area (Å²) in [6.45, 7) is 0. The summed E-state index contributed by atoms with van der Waals surface area (Å²) in [6, 6.07) is 5.44. The molecule has 0 amide bonds. The predicted molar refractivity (Wildman–Crippen MR) is 57.7 cm³/mol. The molecule has 4 nitrogen and oxygen atoms in total. The number of aromatic hydroxyl groups is 1. The maximum absolute atomic E-state index is 9.93. The van der Waals surface area contributed by atoms with Crippen LogP contribution in [-0.2, 0) is 5.41 Å². The molecule has 0 atom stereocenters. The van der Waals surface area contributed by atoms with Crippen molar-refractivity contribution in [3.63, 3.8) is 0 Å². The molecule has 0 saturated heterocycles. The lowest BCUT2D eigenvalue weighted by atomic mass is 9.95. The molecule has 0 heterocycles. The van der Waals surface area contributed by atoms with E-state index in [-0.39, 0.29) is 5.75 Å². The summed E-state index contributed by atoms with van der Waals surface area (Å²) in [4.78, 5) is 0. The van der Waals surface area contributed by atoms with Gasteiger partial charge in [0.1, 0.15) is 17.2 Å². The van der Waals surface area contributed by atoms with Gasteiger partial charge in [-0.2, -0.15) is 5.26 Å². The van der Waals surface area contributed by atoms with Crippen LogP contribution in [0.4, 0.5) is 0 Å². The first-order valence-corrected chi connectivity index (χ1v) is 5.03. The number of nitrogens with zero attached hydrogens (tertiary/aromatic N) is 1. The summed E-state index contributed by atoms with van der Waals surface area (Å²) in [6.07, 6.45) is 1.53. The van der Waals surface area contributed by atoms with E-state index in [9.17, 15) is 5.11 Å². The van der Waals surface area contributed by atoms with Crippen molar-refractivity contribution in [1.29, 1.82) is 5.26 Å². The van der Waals surface area contributed by atoms with Crippen LogP contribution >= 0.6 is 0 Å². The standard InChI is InChI=1S/C12H13NO3/c1-15-8-5-9(14)11(10(6-8)16-2)12(7-13)3-4-12/h5-6,14H,3-4H2,1-2H3. The SMILES string of the molecule is COc1cc(O)c(C2(C#N)CC2)c(OC)c1. The van der Waals surface area contributed by atoms with Crippen molar-refractivity contribution in [2.45, 2.75) is 18.3 Å². The maximum Gasteiger partial charge on any atom is 0.131 e. The first kappa shape index (κ1) is 10.6. The molecule has 1 N–H and O–H groups in total. The summed E-state index contributed by atoms with van der Waals surface area (Å²) < 4.78 is 10.2. The van der Waals surface area contributed by atoms with Gasteiger partial charge < -0.3 is 14.6 Å². The molecular formula is C12H13NO3. The van der Waals surface area contributed by atoms with E-state index in [1.165, 1.54) is 20.3 Å². The van der Waals surface area contributed by atoms with Gasteiger partial charge in [-0.3, -0.25) is 0 Å². The Labute approximate surface area is 94.0 Å². The summed E-state index contributed by atoms with van der Waals surface area (Å²) in [5.74, 6) is 1.10. The quantitative estimate of drug-likeness (QED) is 0.844. The highest BCUT2D eigenvalue weighted by molar-refractivity contribution is 5.58. The third kappa shape index (κ3) is 1.45. The van der Waals surface area contributed by atoms with Crippen molar-refractivity contribution in [3.8, 4) is 23.3 Å². The van der Waals surface area contributed by atoms with Crippen LogP contribution < -0.4 is 9.47 Å². The number of phenolic OH excluding ortho intramolecular Hbond substituents is 1. The molecule has 0 spiro atoms. The number of nitriles is 1. The van der Waals surface area contributed by atoms with E-state index in [4.69, 9.17) is 14.7 Å². The van der Waals surface area contributed by atoms with Gasteiger partial charge >= 0.3 is 0 Å². The summed E-state index contributed by atoms with van der Waals surface area (Å²) in [5.41, 5.74) is 0.0140. The van der Waals surface area contributed by atoms with Gasteiger partial charge in [0.25, 0.3) is 0 Å². The molecule has 0 aliphatic heterocycles. The van der Waals surface area contributed by atoms with Gasteiger partial charge in [-0.15, -0.1) is 0 Å². The van der Waals surface area contributed by atoms with Crippen molar-refractivity contribution >= 4 is 0 Å². The van der Waals surface area contributed by atoms with Gasteiger partial charge in [0.05, 0.1) is 31.3 Å². The molecule has 0 unspecified atom stereocenters. The fourth-order valence-electron chi connectivity index (χ4n) is 1.88. The van der Waals surface area contributed by atoms with Crippen LogP contribution in [-0.4, -0.2) is 19.3 Å². The molecule has 0 aromatic heterocycles. The van der Waals surface area contributed by atoms with E-state index in [0.29, 0.717) is 17.1 Å². The Morgan fingerprint density at radius 1 is 1.31 bits per heavy atom. The van der Waals surface area contributed by atoms with E-state index < -0.39 is 5.41 Å². The Bertz CT molecular complexity index is 458. The van der Waals surface area contributed by atoms with Gasteiger partial charge in [0, 0.05) is 12.1 Å².